The predicted octanol–water partition coefficient (Wildman–Crippen LogP) is 2.56. The van der Waals surface area contributed by atoms with Crippen LogP contribution in [-0.4, -0.2) is 78.9 Å². The van der Waals surface area contributed by atoms with E-state index < -0.39 is 0 Å². The molecule has 1 aliphatic carbocycles. The molecule has 192 valence electrons. The van der Waals surface area contributed by atoms with Crippen LogP contribution in [-0.2, 0) is 9.59 Å². The molecule has 0 aromatic heterocycles. The molecule has 1 saturated carbocycles. The van der Waals surface area contributed by atoms with Gasteiger partial charge in [0.05, 0.1) is 30.4 Å². The van der Waals surface area contributed by atoms with Crippen LogP contribution < -0.4 is 20.7 Å². The number of benzene rings is 2. The molecule has 0 spiro atoms. The van der Waals surface area contributed by atoms with E-state index in [2.05, 4.69) is 25.8 Å². The second kappa shape index (κ2) is 12.0. The number of nitrogens with zero attached hydrogens (tertiary/aromatic N) is 2. The molecule has 0 bridgehead atoms. The number of carbonyl (C=O) groups excluding carboxylic acids is 3. The first-order valence-electron chi connectivity index (χ1n) is 12.6. The Morgan fingerprint density at radius 2 is 1.67 bits per heavy atom. The van der Waals surface area contributed by atoms with Crippen LogP contribution in [0.1, 0.15) is 37.0 Å². The van der Waals surface area contributed by atoms with Crippen molar-refractivity contribution in [3.63, 3.8) is 0 Å². The number of para-hydroxylation sites is 1. The zero-order valence-electron chi connectivity index (χ0n) is 21.0. The molecule has 9 nitrogen and oxygen atoms in total. The lowest BCUT2D eigenvalue weighted by molar-refractivity contribution is -0.127. The normalized spacial score (nSPS) is 17.2. The second-order valence-electron chi connectivity index (χ2n) is 9.28. The quantitative estimate of drug-likeness (QED) is 0.470. The summed E-state index contributed by atoms with van der Waals surface area (Å²) in [6.45, 7) is 7.52. The van der Waals surface area contributed by atoms with E-state index in [4.69, 9.17) is 4.74 Å². The Morgan fingerprint density at radius 1 is 0.972 bits per heavy atom. The summed E-state index contributed by atoms with van der Waals surface area (Å²) in [6, 6.07) is 14.3. The van der Waals surface area contributed by atoms with Gasteiger partial charge in [-0.3, -0.25) is 24.2 Å². The van der Waals surface area contributed by atoms with Gasteiger partial charge in [0.25, 0.3) is 5.91 Å². The Bertz CT molecular complexity index is 1060. The van der Waals surface area contributed by atoms with Gasteiger partial charge in [0.15, 0.2) is 0 Å². The van der Waals surface area contributed by atoms with Gasteiger partial charge < -0.3 is 20.7 Å². The average Bonchev–Trinajstić information content (AvgIpc) is 3.69. The molecule has 2 aromatic rings. The van der Waals surface area contributed by atoms with Gasteiger partial charge in [-0.05, 0) is 63.1 Å². The third kappa shape index (κ3) is 7.05. The Kier molecular flexibility index (Phi) is 8.56. The van der Waals surface area contributed by atoms with Gasteiger partial charge >= 0.3 is 0 Å². The maximum Gasteiger partial charge on any atom is 0.257 e. The van der Waals surface area contributed by atoms with E-state index in [-0.39, 0.29) is 30.3 Å². The molecule has 1 aliphatic heterocycles. The van der Waals surface area contributed by atoms with Crippen LogP contribution in [0.5, 0.6) is 5.75 Å². The molecule has 2 aliphatic rings. The molecule has 36 heavy (non-hydrogen) atoms. The van der Waals surface area contributed by atoms with Crippen molar-refractivity contribution in [3.05, 3.63) is 54.1 Å². The lowest BCUT2D eigenvalue weighted by atomic mass is 10.1. The van der Waals surface area contributed by atoms with Gasteiger partial charge in [-0.2, -0.15) is 0 Å². The summed E-state index contributed by atoms with van der Waals surface area (Å²) in [6.07, 6.45) is 2.15. The maximum atomic E-state index is 12.9. The van der Waals surface area contributed by atoms with Crippen molar-refractivity contribution >= 4 is 29.1 Å². The fourth-order valence-electron chi connectivity index (χ4n) is 4.21. The van der Waals surface area contributed by atoms with Crippen LogP contribution in [0, 0.1) is 0 Å². The van der Waals surface area contributed by atoms with Gasteiger partial charge in [-0.1, -0.05) is 12.1 Å². The monoisotopic (exact) mass is 493 g/mol. The highest BCUT2D eigenvalue weighted by atomic mass is 16.5. The third-order valence-corrected chi connectivity index (χ3v) is 6.49. The fraction of sp³-hybridized carbons (Fsp3) is 0.444. The highest BCUT2D eigenvalue weighted by Crippen LogP contribution is 2.21. The van der Waals surface area contributed by atoms with Crippen molar-refractivity contribution in [2.24, 2.45) is 0 Å². The molecular formula is C27H35N5O4. The van der Waals surface area contributed by atoms with E-state index in [1.54, 1.807) is 48.5 Å². The third-order valence-electron chi connectivity index (χ3n) is 6.49. The van der Waals surface area contributed by atoms with Gasteiger partial charge in [0.1, 0.15) is 5.75 Å². The summed E-state index contributed by atoms with van der Waals surface area (Å²) in [7, 11) is 0. The summed E-state index contributed by atoms with van der Waals surface area (Å²) < 4.78 is 5.43. The van der Waals surface area contributed by atoms with Crippen molar-refractivity contribution in [1.29, 1.82) is 0 Å². The predicted molar refractivity (Wildman–Crippen MR) is 139 cm³/mol. The number of rotatable bonds is 10. The minimum atomic E-state index is -0.304. The van der Waals surface area contributed by atoms with Gasteiger partial charge in [-0.15, -0.1) is 0 Å². The first-order valence-corrected chi connectivity index (χ1v) is 12.6. The number of ether oxygens (including phenoxy) is 1. The second-order valence-corrected chi connectivity index (χ2v) is 9.28. The molecule has 1 unspecified atom stereocenters. The van der Waals surface area contributed by atoms with Gasteiger partial charge in [-0.25, -0.2) is 0 Å². The number of hydrogen-bond acceptors (Lipinski definition) is 6. The first kappa shape index (κ1) is 25.7. The van der Waals surface area contributed by atoms with Crippen LogP contribution in [0.3, 0.4) is 0 Å². The van der Waals surface area contributed by atoms with Crippen molar-refractivity contribution in [2.45, 2.75) is 38.8 Å². The largest absolute Gasteiger partial charge is 0.494 e. The number of carbonyl (C=O) groups is 3. The van der Waals surface area contributed by atoms with E-state index in [1.807, 2.05) is 13.8 Å². The van der Waals surface area contributed by atoms with E-state index in [0.717, 1.165) is 31.7 Å². The molecule has 2 aromatic carbocycles. The highest BCUT2D eigenvalue weighted by Gasteiger charge is 2.30. The Hall–Kier alpha value is -3.43. The number of anilines is 2. The van der Waals surface area contributed by atoms with E-state index in [1.165, 1.54) is 0 Å². The number of amides is 3. The summed E-state index contributed by atoms with van der Waals surface area (Å²) in [5.74, 6) is 0.343. The lowest BCUT2D eigenvalue weighted by Crippen LogP contribution is -2.55. The van der Waals surface area contributed by atoms with E-state index >= 15 is 0 Å². The van der Waals surface area contributed by atoms with Crippen LogP contribution >= 0.6 is 0 Å². The molecule has 9 heteroatoms. The van der Waals surface area contributed by atoms with Crippen LogP contribution in [0.15, 0.2) is 48.5 Å². The minimum absolute atomic E-state index is 0.0869. The van der Waals surface area contributed by atoms with Gasteiger partial charge in [0.2, 0.25) is 11.8 Å². The number of piperazine rings is 1. The van der Waals surface area contributed by atoms with Crippen molar-refractivity contribution in [3.8, 4) is 5.75 Å². The lowest BCUT2D eigenvalue weighted by Gasteiger charge is -2.37. The SMILES string of the molecule is CCOc1ccc(NC(=O)c2ccccc2NC(=O)CN2CCN(C(C)C(=O)NC3CC3)CC2)cc1. The Balaban J connectivity index is 1.27. The highest BCUT2D eigenvalue weighted by molar-refractivity contribution is 6.10. The molecule has 3 amide bonds. The zero-order chi connectivity index (χ0) is 25.5. The topological polar surface area (TPSA) is 103 Å². The fourth-order valence-corrected chi connectivity index (χ4v) is 4.21. The number of hydrogen-bond donors (Lipinski definition) is 3. The maximum absolute atomic E-state index is 12.9. The zero-order valence-corrected chi connectivity index (χ0v) is 21.0. The number of nitrogens with one attached hydrogen (secondary N) is 3. The van der Waals surface area contributed by atoms with E-state index in [9.17, 15) is 14.4 Å². The Labute approximate surface area is 212 Å². The average molecular weight is 494 g/mol. The Morgan fingerprint density at radius 3 is 2.33 bits per heavy atom. The van der Waals surface area contributed by atoms with Crippen LogP contribution in [0.2, 0.25) is 0 Å². The minimum Gasteiger partial charge on any atom is -0.494 e. The summed E-state index contributed by atoms with van der Waals surface area (Å²) in [5.41, 5.74) is 1.50. The van der Waals surface area contributed by atoms with Crippen LogP contribution in [0.25, 0.3) is 0 Å². The molecule has 1 atom stereocenters. The molecule has 2 fully saturated rings. The summed E-state index contributed by atoms with van der Waals surface area (Å²) >= 11 is 0. The smallest absolute Gasteiger partial charge is 0.257 e. The molecular weight excluding hydrogens is 458 g/mol. The molecule has 0 radical (unpaired) electrons. The van der Waals surface area contributed by atoms with Gasteiger partial charge in [0, 0.05) is 37.9 Å². The van der Waals surface area contributed by atoms with Crippen LogP contribution in [0.4, 0.5) is 11.4 Å². The standard InChI is InChI=1S/C27H35N5O4/c1-3-36-22-12-10-21(11-13-22)29-27(35)23-6-4-5-7-24(23)30-25(33)18-31-14-16-32(17-15-31)19(2)26(34)28-20-8-9-20/h4-7,10-13,19-20H,3,8-9,14-18H2,1-2H3,(H,28,34)(H,29,35)(H,30,33). The molecule has 4 rings (SSSR count). The van der Waals surface area contributed by atoms with Crippen molar-refractivity contribution < 1.29 is 19.1 Å². The summed E-state index contributed by atoms with van der Waals surface area (Å²) in [4.78, 5) is 42.2. The molecule has 1 saturated heterocycles. The van der Waals surface area contributed by atoms with Crippen molar-refractivity contribution in [2.75, 3.05) is 50.0 Å². The van der Waals surface area contributed by atoms with E-state index in [0.29, 0.717) is 42.7 Å². The molecule has 3 N–H and O–H groups in total. The summed E-state index contributed by atoms with van der Waals surface area (Å²) in [5, 5.41) is 8.82. The first-order chi connectivity index (χ1) is 17.4. The van der Waals surface area contributed by atoms with Crippen molar-refractivity contribution in [1.82, 2.24) is 15.1 Å². The molecule has 1 heterocycles.